The first kappa shape index (κ1) is 38.0. The van der Waals surface area contributed by atoms with E-state index in [4.69, 9.17) is 14.2 Å². The second-order valence-electron chi connectivity index (χ2n) is 12.2. The number of aromatic nitrogens is 2. The van der Waals surface area contributed by atoms with Crippen LogP contribution in [0, 0.1) is 5.92 Å². The van der Waals surface area contributed by atoms with E-state index < -0.39 is 42.3 Å². The summed E-state index contributed by atoms with van der Waals surface area (Å²) in [5.41, 5.74) is 2.58. The summed E-state index contributed by atoms with van der Waals surface area (Å²) in [4.78, 5) is 48.5. The van der Waals surface area contributed by atoms with Gasteiger partial charge in [-0.1, -0.05) is 80.6 Å². The number of methoxy groups -OCH3 is 1. The zero-order valence-corrected chi connectivity index (χ0v) is 29.3. The van der Waals surface area contributed by atoms with E-state index in [1.54, 1.807) is 37.8 Å². The second kappa shape index (κ2) is 20.0. The minimum Gasteiger partial charge on any atom is -0.445 e. The van der Waals surface area contributed by atoms with E-state index in [0.29, 0.717) is 19.4 Å². The van der Waals surface area contributed by atoms with Crippen LogP contribution in [0.4, 0.5) is 9.59 Å². The average Bonchev–Trinajstić information content (AvgIpc) is 3.57. The number of benzene rings is 2. The maximum absolute atomic E-state index is 13.7. The number of ether oxygens (including phenoxy) is 3. The van der Waals surface area contributed by atoms with Crippen LogP contribution in [0.2, 0.25) is 0 Å². The number of nitrogens with zero attached hydrogens (tertiary/aromatic N) is 2. The summed E-state index contributed by atoms with van der Waals surface area (Å²) >= 11 is 1.37. The molecule has 0 radical (unpaired) electrons. The number of carbonyl (C=O) groups excluding carboxylic acids is 3. The predicted molar refractivity (Wildman–Crippen MR) is 189 cm³/mol. The molecule has 0 fully saturated rings. The number of hydrogen-bond acceptors (Lipinski definition) is 10. The summed E-state index contributed by atoms with van der Waals surface area (Å²) < 4.78 is 15.9. The van der Waals surface area contributed by atoms with Crippen molar-refractivity contribution >= 4 is 29.4 Å². The van der Waals surface area contributed by atoms with Gasteiger partial charge in [-0.2, -0.15) is 0 Å². The molecule has 12 nitrogen and oxygen atoms in total. The van der Waals surface area contributed by atoms with Gasteiger partial charge in [0.1, 0.15) is 24.3 Å². The van der Waals surface area contributed by atoms with Crippen LogP contribution in [0.1, 0.15) is 46.8 Å². The first-order chi connectivity index (χ1) is 24.2. The number of aliphatic hydroxyl groups is 1. The Kier molecular flexibility index (Phi) is 15.2. The molecule has 50 heavy (non-hydrogen) atoms. The topological polar surface area (TPSA) is 161 Å². The summed E-state index contributed by atoms with van der Waals surface area (Å²) in [5.74, 6) is -0.697. The molecule has 13 heteroatoms. The van der Waals surface area contributed by atoms with E-state index in [1.165, 1.54) is 11.3 Å². The number of alkyl carbamates (subject to hydrolysis) is 2. The van der Waals surface area contributed by atoms with Crippen LogP contribution in [-0.2, 0) is 51.7 Å². The summed E-state index contributed by atoms with van der Waals surface area (Å²) in [6.07, 6.45) is 3.19. The van der Waals surface area contributed by atoms with Crippen LogP contribution in [0.3, 0.4) is 0 Å². The standard InChI is InChI=1S/C37H45N5O7S/c1-25(2)34(42-37(46)49-23-30-21-39-33(50-30)24-47-3)35(44)40-29(17-26-11-6-4-7-12-26)19-32(43)31(18-27-13-8-5-9-14-27)41-36(45)48-22-28-15-10-16-38-20-28/h4-16,20-21,25,29,31-32,34,43H,17-19,22-24H2,1-3H3,(H,40,44)(H,41,45)(H,42,46)/t29-,31-,32-,34?/m0/s1. The molecule has 0 saturated carbocycles. The summed E-state index contributed by atoms with van der Waals surface area (Å²) in [6.45, 7) is 4.03. The SMILES string of the molecule is COCc1ncc(COC(=O)NC(C(=O)N[C@@H](Cc2ccccc2)C[C@H](O)[C@H](Cc2ccccc2)NC(=O)OCc2cccnc2)C(C)C)s1. The minimum atomic E-state index is -1.08. The van der Waals surface area contributed by atoms with Crippen LogP contribution >= 0.6 is 11.3 Å². The molecule has 0 aliphatic heterocycles. The molecule has 0 bridgehead atoms. The van der Waals surface area contributed by atoms with Gasteiger partial charge in [-0.25, -0.2) is 14.6 Å². The van der Waals surface area contributed by atoms with Gasteiger partial charge in [-0.3, -0.25) is 9.78 Å². The molecule has 0 saturated heterocycles. The van der Waals surface area contributed by atoms with E-state index in [2.05, 4.69) is 25.9 Å². The van der Waals surface area contributed by atoms with E-state index in [0.717, 1.165) is 26.6 Å². The zero-order chi connectivity index (χ0) is 35.7. The van der Waals surface area contributed by atoms with Crippen molar-refractivity contribution in [1.29, 1.82) is 0 Å². The van der Waals surface area contributed by atoms with Gasteiger partial charge in [0.15, 0.2) is 0 Å². The van der Waals surface area contributed by atoms with Crippen molar-refractivity contribution in [1.82, 2.24) is 25.9 Å². The molecule has 3 amide bonds. The Hall–Kier alpha value is -4.85. The van der Waals surface area contributed by atoms with Crippen LogP contribution in [0.5, 0.6) is 0 Å². The Morgan fingerprint density at radius 2 is 1.42 bits per heavy atom. The fraction of sp³-hybridized carbons (Fsp3) is 0.378. The summed E-state index contributed by atoms with van der Waals surface area (Å²) in [5, 5.41) is 21.0. The third-order valence-corrected chi connectivity index (χ3v) is 8.74. The second-order valence-corrected chi connectivity index (χ2v) is 13.4. The smallest absolute Gasteiger partial charge is 0.408 e. The molecule has 4 aromatic rings. The molecular weight excluding hydrogens is 659 g/mol. The maximum atomic E-state index is 13.7. The van der Waals surface area contributed by atoms with E-state index in [1.807, 2.05) is 74.5 Å². The molecular formula is C37H45N5O7S. The molecule has 0 aliphatic carbocycles. The Bertz CT molecular complexity index is 1610. The molecule has 2 aromatic heterocycles. The molecule has 0 spiro atoms. The fourth-order valence-electron chi connectivity index (χ4n) is 5.26. The van der Waals surface area contributed by atoms with Crippen LogP contribution in [-0.4, -0.2) is 64.5 Å². The monoisotopic (exact) mass is 703 g/mol. The number of pyridine rings is 1. The van der Waals surface area contributed by atoms with E-state index in [-0.39, 0.29) is 25.6 Å². The minimum absolute atomic E-state index is 0.00292. The number of hydrogen-bond donors (Lipinski definition) is 4. The van der Waals surface area contributed by atoms with Crippen molar-refractivity contribution in [3.63, 3.8) is 0 Å². The lowest BCUT2D eigenvalue weighted by atomic mass is 9.93. The summed E-state index contributed by atoms with van der Waals surface area (Å²) in [6, 6.07) is 20.4. The van der Waals surface area contributed by atoms with Gasteiger partial charge in [0.25, 0.3) is 0 Å². The lowest BCUT2D eigenvalue weighted by molar-refractivity contribution is -0.125. The normalized spacial score (nSPS) is 13.5. The third kappa shape index (κ3) is 12.9. The van der Waals surface area contributed by atoms with E-state index >= 15 is 0 Å². The maximum Gasteiger partial charge on any atom is 0.408 e. The Morgan fingerprint density at radius 3 is 2.06 bits per heavy atom. The number of amides is 3. The number of aliphatic hydroxyl groups excluding tert-OH is 1. The van der Waals surface area contributed by atoms with Crippen molar-refractivity contribution in [3.05, 3.63) is 118 Å². The average molecular weight is 704 g/mol. The first-order valence-electron chi connectivity index (χ1n) is 16.4. The van der Waals surface area contributed by atoms with Crippen molar-refractivity contribution < 1.29 is 33.7 Å². The molecule has 4 atom stereocenters. The Balaban J connectivity index is 1.44. The van der Waals surface area contributed by atoms with Crippen LogP contribution in [0.25, 0.3) is 0 Å². The number of nitrogens with one attached hydrogen (secondary N) is 3. The lowest BCUT2D eigenvalue weighted by Gasteiger charge is -2.30. The number of carbonyl (C=O) groups is 3. The molecule has 2 heterocycles. The van der Waals surface area contributed by atoms with Crippen molar-refractivity contribution in [2.75, 3.05) is 7.11 Å². The van der Waals surface area contributed by atoms with Crippen molar-refractivity contribution in [2.24, 2.45) is 5.92 Å². The van der Waals surface area contributed by atoms with Gasteiger partial charge in [-0.15, -0.1) is 11.3 Å². The Labute approximate surface area is 296 Å². The van der Waals surface area contributed by atoms with Gasteiger partial charge >= 0.3 is 12.2 Å². The van der Waals surface area contributed by atoms with Gasteiger partial charge in [0.2, 0.25) is 5.91 Å². The predicted octanol–water partition coefficient (Wildman–Crippen LogP) is 4.95. The number of thiazole rings is 1. The molecule has 0 aliphatic rings. The quantitative estimate of drug-likeness (QED) is 0.112. The van der Waals surface area contributed by atoms with Crippen LogP contribution < -0.4 is 16.0 Å². The highest BCUT2D eigenvalue weighted by Gasteiger charge is 2.30. The highest BCUT2D eigenvalue weighted by molar-refractivity contribution is 7.11. The highest BCUT2D eigenvalue weighted by Crippen LogP contribution is 2.17. The fourth-order valence-corrected chi connectivity index (χ4v) is 6.07. The molecule has 1 unspecified atom stereocenters. The molecule has 266 valence electrons. The third-order valence-electron chi connectivity index (χ3n) is 7.79. The lowest BCUT2D eigenvalue weighted by Crippen LogP contribution is -2.54. The number of rotatable bonds is 18. The van der Waals surface area contributed by atoms with Gasteiger partial charge in [0.05, 0.1) is 23.6 Å². The zero-order valence-electron chi connectivity index (χ0n) is 28.5. The van der Waals surface area contributed by atoms with Gasteiger partial charge in [-0.05, 0) is 42.4 Å². The van der Waals surface area contributed by atoms with E-state index in [9.17, 15) is 19.5 Å². The largest absolute Gasteiger partial charge is 0.445 e. The highest BCUT2D eigenvalue weighted by atomic mass is 32.1. The van der Waals surface area contributed by atoms with Crippen LogP contribution in [0.15, 0.2) is 91.4 Å². The van der Waals surface area contributed by atoms with Crippen molar-refractivity contribution in [3.8, 4) is 0 Å². The molecule has 2 aromatic carbocycles. The van der Waals surface area contributed by atoms with Gasteiger partial charge < -0.3 is 35.3 Å². The molecule has 4 rings (SSSR count). The first-order valence-corrected chi connectivity index (χ1v) is 17.3. The van der Waals surface area contributed by atoms with Gasteiger partial charge in [0, 0.05) is 37.3 Å². The summed E-state index contributed by atoms with van der Waals surface area (Å²) in [7, 11) is 1.58. The molecule has 4 N–H and O–H groups in total. The van der Waals surface area contributed by atoms with Crippen molar-refractivity contribution in [2.45, 2.75) is 77.2 Å². The Morgan fingerprint density at radius 1 is 0.780 bits per heavy atom.